The molecule has 1 aromatic rings. The lowest BCUT2D eigenvalue weighted by atomic mass is 10.3. The third-order valence-corrected chi connectivity index (χ3v) is 1.96. The van der Waals surface area contributed by atoms with Gasteiger partial charge in [-0.25, -0.2) is 0 Å². The van der Waals surface area contributed by atoms with Crippen LogP contribution in [0.5, 0.6) is 0 Å². The Kier molecular flexibility index (Phi) is 4.19. The monoisotopic (exact) mass is 224 g/mol. The molecule has 0 aliphatic carbocycles. The summed E-state index contributed by atoms with van der Waals surface area (Å²) < 4.78 is 1.52. The van der Waals surface area contributed by atoms with Gasteiger partial charge in [0.2, 0.25) is 0 Å². The Morgan fingerprint density at radius 1 is 1.75 bits per heavy atom. The summed E-state index contributed by atoms with van der Waals surface area (Å²) in [5.41, 5.74) is 0.937. The number of rotatable bonds is 6. The molecular formula is C10H16N4O2. The SMILES string of the molecule is C=C(CNC(C)C)Cn1ccc([N+](=O)[O-])n1. The summed E-state index contributed by atoms with van der Waals surface area (Å²) in [4.78, 5) is 9.90. The molecule has 88 valence electrons. The second-order valence-electron chi connectivity index (χ2n) is 3.91. The van der Waals surface area contributed by atoms with Crippen molar-refractivity contribution in [3.63, 3.8) is 0 Å². The zero-order valence-electron chi connectivity index (χ0n) is 9.51. The molecule has 1 N–H and O–H groups in total. The van der Waals surface area contributed by atoms with Crippen molar-refractivity contribution in [3.8, 4) is 0 Å². The van der Waals surface area contributed by atoms with Gasteiger partial charge in [-0.15, -0.1) is 0 Å². The Morgan fingerprint density at radius 3 is 2.94 bits per heavy atom. The number of nitrogens with one attached hydrogen (secondary N) is 1. The van der Waals surface area contributed by atoms with Crippen molar-refractivity contribution in [1.82, 2.24) is 15.1 Å². The van der Waals surface area contributed by atoms with Gasteiger partial charge in [0.15, 0.2) is 0 Å². The Morgan fingerprint density at radius 2 is 2.44 bits per heavy atom. The van der Waals surface area contributed by atoms with Gasteiger partial charge in [0, 0.05) is 12.6 Å². The average molecular weight is 224 g/mol. The molecule has 0 aromatic carbocycles. The van der Waals surface area contributed by atoms with Crippen LogP contribution in [0.4, 0.5) is 5.82 Å². The molecule has 0 atom stereocenters. The van der Waals surface area contributed by atoms with Crippen LogP contribution in [0.2, 0.25) is 0 Å². The van der Waals surface area contributed by atoms with Crippen LogP contribution in [0.15, 0.2) is 24.4 Å². The van der Waals surface area contributed by atoms with Gasteiger partial charge in [-0.05, 0) is 10.5 Å². The van der Waals surface area contributed by atoms with E-state index in [0.717, 1.165) is 5.57 Å². The van der Waals surface area contributed by atoms with Crippen molar-refractivity contribution in [3.05, 3.63) is 34.5 Å². The van der Waals surface area contributed by atoms with Gasteiger partial charge in [0.05, 0.1) is 23.9 Å². The number of nitro groups is 1. The van der Waals surface area contributed by atoms with Gasteiger partial charge in [-0.3, -0.25) is 0 Å². The maximum Gasteiger partial charge on any atom is 0.389 e. The van der Waals surface area contributed by atoms with Crippen LogP contribution in [0.25, 0.3) is 0 Å². The van der Waals surface area contributed by atoms with E-state index in [1.54, 1.807) is 6.20 Å². The third kappa shape index (κ3) is 3.82. The summed E-state index contributed by atoms with van der Waals surface area (Å²) in [6, 6.07) is 1.77. The summed E-state index contributed by atoms with van der Waals surface area (Å²) in [6.45, 7) is 9.16. The lowest BCUT2D eigenvalue weighted by Crippen LogP contribution is -2.26. The van der Waals surface area contributed by atoms with Gasteiger partial charge in [0.1, 0.15) is 0 Å². The summed E-state index contributed by atoms with van der Waals surface area (Å²) in [7, 11) is 0. The average Bonchev–Trinajstić information content (AvgIpc) is 2.63. The summed E-state index contributed by atoms with van der Waals surface area (Å²) in [6.07, 6.45) is 1.58. The first-order valence-corrected chi connectivity index (χ1v) is 5.07. The maximum atomic E-state index is 10.4. The Hall–Kier alpha value is -1.69. The third-order valence-electron chi connectivity index (χ3n) is 1.96. The lowest BCUT2D eigenvalue weighted by molar-refractivity contribution is -0.389. The first-order chi connectivity index (χ1) is 7.49. The molecule has 0 spiro atoms. The number of hydrogen-bond acceptors (Lipinski definition) is 4. The molecule has 0 saturated carbocycles. The summed E-state index contributed by atoms with van der Waals surface area (Å²) >= 11 is 0. The van der Waals surface area contributed by atoms with Crippen LogP contribution in [-0.4, -0.2) is 27.3 Å². The fourth-order valence-corrected chi connectivity index (χ4v) is 1.17. The number of nitrogens with zero attached hydrogens (tertiary/aromatic N) is 3. The molecular weight excluding hydrogens is 208 g/mol. The molecule has 1 aromatic heterocycles. The Balaban J connectivity index is 2.46. The smallest absolute Gasteiger partial charge is 0.358 e. The summed E-state index contributed by atoms with van der Waals surface area (Å²) in [5, 5.41) is 17.4. The molecule has 0 saturated heterocycles. The predicted molar refractivity (Wildman–Crippen MR) is 61.2 cm³/mol. The molecule has 1 rings (SSSR count). The van der Waals surface area contributed by atoms with Crippen molar-refractivity contribution in [2.45, 2.75) is 26.4 Å². The lowest BCUT2D eigenvalue weighted by Gasteiger charge is -2.08. The molecule has 0 radical (unpaired) electrons. The molecule has 0 bridgehead atoms. The van der Waals surface area contributed by atoms with Gasteiger partial charge < -0.3 is 15.4 Å². The van der Waals surface area contributed by atoms with Crippen molar-refractivity contribution in [2.75, 3.05) is 6.54 Å². The van der Waals surface area contributed by atoms with E-state index >= 15 is 0 Å². The first-order valence-electron chi connectivity index (χ1n) is 5.07. The highest BCUT2D eigenvalue weighted by Crippen LogP contribution is 2.06. The van der Waals surface area contributed by atoms with Gasteiger partial charge in [-0.2, -0.15) is 4.68 Å². The highest BCUT2D eigenvalue weighted by Gasteiger charge is 2.10. The molecule has 0 aliphatic rings. The second kappa shape index (κ2) is 5.41. The van der Waals surface area contributed by atoms with Crippen molar-refractivity contribution < 1.29 is 4.92 Å². The number of hydrogen-bond donors (Lipinski definition) is 1. The summed E-state index contributed by atoms with van der Waals surface area (Å²) in [5.74, 6) is -0.135. The van der Waals surface area contributed by atoms with Gasteiger partial charge in [-0.1, -0.05) is 20.4 Å². The predicted octanol–water partition coefficient (Wildman–Crippen LogP) is 1.35. The fraction of sp³-hybridized carbons (Fsp3) is 0.500. The Bertz CT molecular complexity index is 384. The highest BCUT2D eigenvalue weighted by molar-refractivity contribution is 5.14. The van der Waals surface area contributed by atoms with Gasteiger partial charge in [0.25, 0.3) is 0 Å². The molecule has 0 fully saturated rings. The van der Waals surface area contributed by atoms with Crippen LogP contribution in [0.3, 0.4) is 0 Å². The largest absolute Gasteiger partial charge is 0.389 e. The van der Waals surface area contributed by atoms with E-state index in [2.05, 4.69) is 17.0 Å². The van der Waals surface area contributed by atoms with E-state index < -0.39 is 4.92 Å². The minimum atomic E-state index is -0.508. The topological polar surface area (TPSA) is 73.0 Å². The molecule has 6 nitrogen and oxygen atoms in total. The minimum absolute atomic E-state index is 0.135. The van der Waals surface area contributed by atoms with Crippen molar-refractivity contribution in [2.24, 2.45) is 0 Å². The maximum absolute atomic E-state index is 10.4. The normalized spacial score (nSPS) is 10.7. The van der Waals surface area contributed by atoms with E-state index in [1.807, 2.05) is 13.8 Å². The Labute approximate surface area is 94.1 Å². The standard InChI is InChI=1S/C10H16N4O2/c1-8(2)11-6-9(3)7-13-5-4-10(12-13)14(15)16/h4-5,8,11H,3,6-7H2,1-2H3. The van der Waals surface area contributed by atoms with Crippen LogP contribution in [0.1, 0.15) is 13.8 Å². The first kappa shape index (κ1) is 12.4. The quantitative estimate of drug-likeness (QED) is 0.449. The molecule has 0 amide bonds. The molecule has 0 unspecified atom stereocenters. The minimum Gasteiger partial charge on any atom is -0.358 e. The van der Waals surface area contributed by atoms with Crippen molar-refractivity contribution in [1.29, 1.82) is 0 Å². The number of aromatic nitrogens is 2. The fourth-order valence-electron chi connectivity index (χ4n) is 1.17. The van der Waals surface area contributed by atoms with Crippen LogP contribution >= 0.6 is 0 Å². The van der Waals surface area contributed by atoms with E-state index in [-0.39, 0.29) is 5.82 Å². The molecule has 1 heterocycles. The van der Waals surface area contributed by atoms with Gasteiger partial charge >= 0.3 is 5.82 Å². The highest BCUT2D eigenvalue weighted by atomic mass is 16.6. The van der Waals surface area contributed by atoms with E-state index in [9.17, 15) is 10.1 Å². The van der Waals surface area contributed by atoms with E-state index in [4.69, 9.17) is 0 Å². The van der Waals surface area contributed by atoms with E-state index in [1.165, 1.54) is 10.7 Å². The van der Waals surface area contributed by atoms with Crippen molar-refractivity contribution >= 4 is 5.82 Å². The molecule has 0 aliphatic heterocycles. The van der Waals surface area contributed by atoms with Crippen LogP contribution in [0, 0.1) is 10.1 Å². The molecule has 6 heteroatoms. The second-order valence-corrected chi connectivity index (χ2v) is 3.91. The van der Waals surface area contributed by atoms with Crippen LogP contribution < -0.4 is 5.32 Å². The molecule has 16 heavy (non-hydrogen) atoms. The zero-order chi connectivity index (χ0) is 12.1. The van der Waals surface area contributed by atoms with Crippen LogP contribution in [-0.2, 0) is 6.54 Å². The van der Waals surface area contributed by atoms with E-state index in [0.29, 0.717) is 19.1 Å². The zero-order valence-corrected chi connectivity index (χ0v) is 9.51.